The van der Waals surface area contributed by atoms with Gasteiger partial charge in [-0.1, -0.05) is 40.5 Å². The quantitative estimate of drug-likeness (QED) is 0.388. The molecule has 0 bridgehead atoms. The van der Waals surface area contributed by atoms with Gasteiger partial charge in [0.1, 0.15) is 11.5 Å². The fraction of sp³-hybridized carbons (Fsp3) is 0.579. The molecule has 0 heterocycles. The second kappa shape index (κ2) is 9.33. The number of hydrogen-bond donors (Lipinski definition) is 0. The first-order chi connectivity index (χ1) is 10.8. The number of ether oxygens (including phenoxy) is 2. The molecule has 23 heavy (non-hydrogen) atoms. The van der Waals surface area contributed by atoms with Gasteiger partial charge in [0.05, 0.1) is 0 Å². The molecule has 0 N–H and O–H groups in total. The van der Waals surface area contributed by atoms with Crippen molar-refractivity contribution < 1.29 is 19.1 Å². The molecule has 0 aliphatic carbocycles. The van der Waals surface area contributed by atoms with E-state index in [0.29, 0.717) is 29.8 Å². The van der Waals surface area contributed by atoms with Gasteiger partial charge in [0.25, 0.3) is 0 Å². The molecule has 1 aromatic carbocycles. The monoisotopic (exact) mass is 320 g/mol. The zero-order valence-electron chi connectivity index (χ0n) is 14.7. The molecule has 4 nitrogen and oxygen atoms in total. The average molecular weight is 320 g/mol. The molecule has 0 unspecified atom stereocenters. The highest BCUT2D eigenvalue weighted by Crippen LogP contribution is 2.22. The average Bonchev–Trinajstić information content (AvgIpc) is 2.47. The molecule has 1 aromatic rings. The molecule has 0 aliphatic heterocycles. The second-order valence-electron chi connectivity index (χ2n) is 6.89. The van der Waals surface area contributed by atoms with Gasteiger partial charge < -0.3 is 9.47 Å². The summed E-state index contributed by atoms with van der Waals surface area (Å²) in [4.78, 5) is 22.9. The predicted octanol–water partition coefficient (Wildman–Crippen LogP) is 4.90. The largest absolute Gasteiger partial charge is 0.427 e. The van der Waals surface area contributed by atoms with Gasteiger partial charge in [0.15, 0.2) is 0 Å². The van der Waals surface area contributed by atoms with Crippen LogP contribution in [0.4, 0.5) is 0 Å². The molecule has 0 amide bonds. The minimum atomic E-state index is -0.287. The van der Waals surface area contributed by atoms with Crippen LogP contribution in [0.5, 0.6) is 11.5 Å². The first-order valence-corrected chi connectivity index (χ1v) is 8.31. The third-order valence-corrected chi connectivity index (χ3v) is 3.38. The van der Waals surface area contributed by atoms with E-state index in [0.717, 1.165) is 19.3 Å². The van der Waals surface area contributed by atoms with E-state index in [1.54, 1.807) is 31.2 Å². The van der Waals surface area contributed by atoms with Crippen molar-refractivity contribution in [2.75, 3.05) is 0 Å². The zero-order chi connectivity index (χ0) is 17.3. The Kier molecular flexibility index (Phi) is 7.79. The number of unbranched alkanes of at least 4 members (excludes halogenated alkanes) is 2. The maximum atomic E-state index is 11.8. The van der Waals surface area contributed by atoms with Crippen LogP contribution in [0.3, 0.4) is 0 Å². The van der Waals surface area contributed by atoms with Crippen molar-refractivity contribution in [3.8, 4) is 11.5 Å². The SMILES string of the molecule is CCC(=O)Oc1ccc(OC(=O)CCCCCC(C)(C)C)cc1. The van der Waals surface area contributed by atoms with Crippen molar-refractivity contribution >= 4 is 11.9 Å². The van der Waals surface area contributed by atoms with E-state index in [-0.39, 0.29) is 11.9 Å². The van der Waals surface area contributed by atoms with Crippen LogP contribution in [0, 0.1) is 5.41 Å². The van der Waals surface area contributed by atoms with Gasteiger partial charge in [-0.3, -0.25) is 9.59 Å². The van der Waals surface area contributed by atoms with Crippen LogP contribution in [0.1, 0.15) is 66.2 Å². The van der Waals surface area contributed by atoms with Gasteiger partial charge in [0.2, 0.25) is 0 Å². The van der Waals surface area contributed by atoms with Gasteiger partial charge in [-0.15, -0.1) is 0 Å². The van der Waals surface area contributed by atoms with Crippen molar-refractivity contribution in [2.45, 2.75) is 66.2 Å². The molecule has 0 fully saturated rings. The number of benzene rings is 1. The summed E-state index contributed by atoms with van der Waals surface area (Å²) in [7, 11) is 0. The van der Waals surface area contributed by atoms with Gasteiger partial charge >= 0.3 is 11.9 Å². The summed E-state index contributed by atoms with van der Waals surface area (Å²) in [5.41, 5.74) is 0.351. The van der Waals surface area contributed by atoms with E-state index in [1.165, 1.54) is 6.42 Å². The third kappa shape index (κ3) is 9.01. The lowest BCUT2D eigenvalue weighted by molar-refractivity contribution is -0.135. The van der Waals surface area contributed by atoms with Crippen LogP contribution in [0.25, 0.3) is 0 Å². The van der Waals surface area contributed by atoms with E-state index >= 15 is 0 Å². The highest BCUT2D eigenvalue weighted by atomic mass is 16.5. The lowest BCUT2D eigenvalue weighted by atomic mass is 9.89. The Morgan fingerprint density at radius 1 is 0.870 bits per heavy atom. The number of carbonyl (C=O) groups is 2. The van der Waals surface area contributed by atoms with Crippen molar-refractivity contribution in [3.63, 3.8) is 0 Å². The summed E-state index contributed by atoms with van der Waals surface area (Å²) < 4.78 is 10.3. The highest BCUT2D eigenvalue weighted by Gasteiger charge is 2.10. The lowest BCUT2D eigenvalue weighted by Gasteiger charge is -2.17. The number of rotatable bonds is 8. The van der Waals surface area contributed by atoms with Crippen LogP contribution in [0.2, 0.25) is 0 Å². The van der Waals surface area contributed by atoms with Gasteiger partial charge in [-0.25, -0.2) is 0 Å². The van der Waals surface area contributed by atoms with E-state index in [2.05, 4.69) is 20.8 Å². The Morgan fingerprint density at radius 2 is 1.39 bits per heavy atom. The standard InChI is InChI=1S/C19H28O4/c1-5-17(20)22-15-10-12-16(13-11-15)23-18(21)9-7-6-8-14-19(2,3)4/h10-13H,5-9,14H2,1-4H3. The van der Waals surface area contributed by atoms with Crippen LogP contribution < -0.4 is 9.47 Å². The Balaban J connectivity index is 2.27. The number of esters is 2. The van der Waals surface area contributed by atoms with Crippen molar-refractivity contribution in [2.24, 2.45) is 5.41 Å². The summed E-state index contributed by atoms with van der Waals surface area (Å²) in [6.07, 6.45) is 4.94. The van der Waals surface area contributed by atoms with Crippen LogP contribution in [-0.4, -0.2) is 11.9 Å². The fourth-order valence-electron chi connectivity index (χ4n) is 2.06. The molecule has 0 spiro atoms. The molecule has 0 saturated carbocycles. The summed E-state index contributed by atoms with van der Waals surface area (Å²) in [6.45, 7) is 8.41. The summed E-state index contributed by atoms with van der Waals surface area (Å²) >= 11 is 0. The molecule has 0 saturated heterocycles. The molecular weight excluding hydrogens is 292 g/mol. The molecule has 4 heteroatoms. The zero-order valence-corrected chi connectivity index (χ0v) is 14.7. The number of carbonyl (C=O) groups excluding carboxylic acids is 2. The maximum absolute atomic E-state index is 11.8. The van der Waals surface area contributed by atoms with E-state index in [1.807, 2.05) is 0 Å². The van der Waals surface area contributed by atoms with E-state index < -0.39 is 0 Å². The molecule has 1 rings (SSSR count). The van der Waals surface area contributed by atoms with Crippen LogP contribution in [-0.2, 0) is 9.59 Å². The first kappa shape index (κ1) is 19.2. The predicted molar refractivity (Wildman–Crippen MR) is 90.5 cm³/mol. The molecular formula is C19H28O4. The Labute approximate surface area is 139 Å². The van der Waals surface area contributed by atoms with Crippen LogP contribution >= 0.6 is 0 Å². The summed E-state index contributed by atoms with van der Waals surface area (Å²) in [5.74, 6) is 0.420. The Morgan fingerprint density at radius 3 is 1.87 bits per heavy atom. The van der Waals surface area contributed by atoms with Gasteiger partial charge in [-0.2, -0.15) is 0 Å². The van der Waals surface area contributed by atoms with Crippen molar-refractivity contribution in [3.05, 3.63) is 24.3 Å². The summed E-state index contributed by atoms with van der Waals surface area (Å²) in [5, 5.41) is 0. The minimum absolute atomic E-state index is 0.223. The Bertz CT molecular complexity index is 497. The molecule has 0 radical (unpaired) electrons. The minimum Gasteiger partial charge on any atom is -0.427 e. The van der Waals surface area contributed by atoms with E-state index in [9.17, 15) is 9.59 Å². The normalized spacial score (nSPS) is 11.1. The topological polar surface area (TPSA) is 52.6 Å². The maximum Gasteiger partial charge on any atom is 0.311 e. The third-order valence-electron chi connectivity index (χ3n) is 3.38. The van der Waals surface area contributed by atoms with Crippen molar-refractivity contribution in [1.29, 1.82) is 0 Å². The second-order valence-corrected chi connectivity index (χ2v) is 6.89. The number of hydrogen-bond acceptors (Lipinski definition) is 4. The van der Waals surface area contributed by atoms with E-state index in [4.69, 9.17) is 9.47 Å². The smallest absolute Gasteiger partial charge is 0.311 e. The molecule has 0 aliphatic rings. The molecule has 128 valence electrons. The Hall–Kier alpha value is -1.84. The molecule has 0 atom stereocenters. The van der Waals surface area contributed by atoms with Crippen LogP contribution in [0.15, 0.2) is 24.3 Å². The fourth-order valence-corrected chi connectivity index (χ4v) is 2.06. The van der Waals surface area contributed by atoms with Gasteiger partial charge in [0, 0.05) is 12.8 Å². The lowest BCUT2D eigenvalue weighted by Crippen LogP contribution is -2.08. The summed E-state index contributed by atoms with van der Waals surface area (Å²) in [6, 6.07) is 6.52. The molecule has 0 aromatic heterocycles. The first-order valence-electron chi connectivity index (χ1n) is 8.31. The van der Waals surface area contributed by atoms with Crippen molar-refractivity contribution in [1.82, 2.24) is 0 Å². The van der Waals surface area contributed by atoms with Gasteiger partial charge in [-0.05, 0) is 42.5 Å². The highest BCUT2D eigenvalue weighted by molar-refractivity contribution is 5.73.